The number of ether oxygens (including phenoxy) is 2. The van der Waals surface area contributed by atoms with Crippen LogP contribution in [0.3, 0.4) is 0 Å². The highest BCUT2D eigenvalue weighted by molar-refractivity contribution is 5.96. The molecule has 0 unspecified atom stereocenters. The van der Waals surface area contributed by atoms with E-state index >= 15 is 0 Å². The summed E-state index contributed by atoms with van der Waals surface area (Å²) < 4.78 is 73.7. The zero-order valence-electron chi connectivity index (χ0n) is 22.8. The van der Waals surface area contributed by atoms with Gasteiger partial charge in [-0.05, 0) is 88.3 Å². The van der Waals surface area contributed by atoms with Gasteiger partial charge in [0.1, 0.15) is 11.4 Å². The molecule has 0 radical (unpaired) electrons. The van der Waals surface area contributed by atoms with Crippen molar-refractivity contribution in [2.24, 2.45) is 11.8 Å². The maximum atomic E-state index is 13.3. The molecule has 0 aromatic heterocycles. The molecule has 1 N–H and O–H groups in total. The summed E-state index contributed by atoms with van der Waals surface area (Å²) in [5.41, 5.74) is 1.35. The molecule has 2 aromatic carbocycles. The number of hydrogen-bond donors (Lipinski definition) is 1. The number of alkyl carbamates (subject to hydrolysis) is 1. The van der Waals surface area contributed by atoms with Crippen molar-refractivity contribution in [3.05, 3.63) is 48.5 Å². The number of hydrogen-bond acceptors (Lipinski definition) is 4. The van der Waals surface area contributed by atoms with Crippen LogP contribution in [-0.4, -0.2) is 43.5 Å². The fraction of sp³-hybridized carbons (Fsp3) is 0.517. The molecule has 0 aliphatic heterocycles. The molecule has 1 aliphatic carbocycles. The second-order valence-electron chi connectivity index (χ2n) is 10.8. The zero-order valence-corrected chi connectivity index (χ0v) is 22.8. The molecule has 0 spiro atoms. The molecule has 1 saturated carbocycles. The third-order valence-corrected chi connectivity index (χ3v) is 6.51. The molecule has 2 aromatic rings. The Balaban J connectivity index is 1.66. The van der Waals surface area contributed by atoms with E-state index in [-0.39, 0.29) is 24.5 Å². The number of amides is 2. The van der Waals surface area contributed by atoms with E-state index < -0.39 is 36.3 Å². The first-order chi connectivity index (χ1) is 18.7. The molecule has 0 bridgehead atoms. The monoisotopic (exact) mass is 570 g/mol. The molecule has 11 heteroatoms. The minimum Gasteiger partial charge on any atom is -0.444 e. The van der Waals surface area contributed by atoms with Crippen molar-refractivity contribution in [3.63, 3.8) is 0 Å². The van der Waals surface area contributed by atoms with Crippen molar-refractivity contribution in [3.8, 4) is 16.9 Å². The fourth-order valence-corrected chi connectivity index (χ4v) is 4.43. The van der Waals surface area contributed by atoms with Gasteiger partial charge in [0.15, 0.2) is 0 Å². The number of rotatable bonds is 11. The van der Waals surface area contributed by atoms with Gasteiger partial charge in [0.2, 0.25) is 5.91 Å². The van der Waals surface area contributed by atoms with Crippen LogP contribution in [0.25, 0.3) is 11.1 Å². The van der Waals surface area contributed by atoms with Gasteiger partial charge in [0.05, 0.1) is 5.92 Å². The molecule has 220 valence electrons. The van der Waals surface area contributed by atoms with E-state index in [1.807, 2.05) is 0 Å². The highest BCUT2D eigenvalue weighted by atomic mass is 19.4. The second kappa shape index (κ2) is 13.3. The predicted octanol–water partition coefficient (Wildman–Crippen LogP) is 7.57. The summed E-state index contributed by atoms with van der Waals surface area (Å²) in [6, 6.07) is 13.0. The van der Waals surface area contributed by atoms with E-state index in [0.717, 1.165) is 0 Å². The molecule has 0 saturated heterocycles. The molecule has 40 heavy (non-hydrogen) atoms. The number of carbonyl (C=O) groups excluding carboxylic acids is 2. The van der Waals surface area contributed by atoms with Crippen LogP contribution in [0.1, 0.15) is 52.9 Å². The van der Waals surface area contributed by atoms with Crippen LogP contribution >= 0.6 is 0 Å². The summed E-state index contributed by atoms with van der Waals surface area (Å²) in [5, 5.41) is 2.68. The summed E-state index contributed by atoms with van der Waals surface area (Å²) in [6.07, 6.45) is -3.43. The van der Waals surface area contributed by atoms with Crippen LogP contribution in [0.5, 0.6) is 5.75 Å². The van der Waals surface area contributed by atoms with Crippen molar-refractivity contribution < 1.29 is 41.0 Å². The van der Waals surface area contributed by atoms with E-state index in [1.165, 1.54) is 17.0 Å². The number of unbranched alkanes of at least 4 members (excludes halogenated alkanes) is 2. The Morgan fingerprint density at radius 3 is 2.25 bits per heavy atom. The van der Waals surface area contributed by atoms with Crippen molar-refractivity contribution >= 4 is 17.7 Å². The molecule has 0 heterocycles. The molecule has 1 fully saturated rings. The fourth-order valence-electron chi connectivity index (χ4n) is 4.43. The maximum absolute atomic E-state index is 13.3. The summed E-state index contributed by atoms with van der Waals surface area (Å²) in [5.74, 6) is -2.53. The second-order valence-corrected chi connectivity index (χ2v) is 10.8. The molecule has 2 amide bonds. The zero-order chi connectivity index (χ0) is 29.5. The van der Waals surface area contributed by atoms with Crippen LogP contribution in [-0.2, 0) is 9.53 Å². The van der Waals surface area contributed by atoms with Gasteiger partial charge in [-0.2, -0.15) is 22.0 Å². The Hall–Kier alpha value is -3.37. The first kappa shape index (κ1) is 31.2. The van der Waals surface area contributed by atoms with Gasteiger partial charge < -0.3 is 19.7 Å². The highest BCUT2D eigenvalue weighted by Crippen LogP contribution is 2.45. The van der Waals surface area contributed by atoms with Gasteiger partial charge in [0, 0.05) is 24.7 Å². The van der Waals surface area contributed by atoms with E-state index in [4.69, 9.17) is 4.74 Å². The van der Waals surface area contributed by atoms with Gasteiger partial charge in [0.25, 0.3) is 0 Å². The quantitative estimate of drug-likeness (QED) is 0.224. The van der Waals surface area contributed by atoms with Crippen LogP contribution in [0, 0.1) is 11.8 Å². The molecular formula is C29H35F5N2O4. The van der Waals surface area contributed by atoms with Gasteiger partial charge >= 0.3 is 18.9 Å². The van der Waals surface area contributed by atoms with Crippen LogP contribution in [0.4, 0.5) is 32.4 Å². The van der Waals surface area contributed by atoms with Gasteiger partial charge in [-0.25, -0.2) is 4.79 Å². The van der Waals surface area contributed by atoms with Crippen LogP contribution < -0.4 is 15.0 Å². The largest absolute Gasteiger partial charge is 0.444 e. The van der Waals surface area contributed by atoms with Crippen LogP contribution in [0.2, 0.25) is 0 Å². The Kier molecular flexibility index (Phi) is 10.4. The molecule has 0 atom stereocenters. The van der Waals surface area contributed by atoms with E-state index in [1.54, 1.807) is 57.2 Å². The number of carbonyl (C=O) groups is 2. The third-order valence-electron chi connectivity index (χ3n) is 6.51. The Bertz CT molecular complexity index is 1130. The number of alkyl halides is 5. The number of halogens is 5. The van der Waals surface area contributed by atoms with E-state index in [0.29, 0.717) is 49.2 Å². The minimum atomic E-state index is -4.32. The lowest BCUT2D eigenvalue weighted by atomic mass is 9.73. The summed E-state index contributed by atoms with van der Waals surface area (Å²) >= 11 is 0. The summed E-state index contributed by atoms with van der Waals surface area (Å²) in [4.78, 5) is 26.7. The number of nitrogens with one attached hydrogen (secondary N) is 1. The van der Waals surface area contributed by atoms with Crippen molar-refractivity contribution in [2.75, 3.05) is 18.0 Å². The highest BCUT2D eigenvalue weighted by Gasteiger charge is 2.50. The van der Waals surface area contributed by atoms with Gasteiger partial charge in [-0.15, -0.1) is 0 Å². The third kappa shape index (κ3) is 9.38. The molecular weight excluding hydrogens is 535 g/mol. The van der Waals surface area contributed by atoms with E-state index in [2.05, 4.69) is 10.1 Å². The van der Waals surface area contributed by atoms with Crippen molar-refractivity contribution in [1.29, 1.82) is 0 Å². The SMILES string of the molecule is CC(C)(C)OC(=O)NCCCCCN(C(=O)C1CC(C(F)(F)F)C1)c1cccc(-c2ccc(OC(F)F)cc2)c1. The minimum absolute atomic E-state index is 0.0112. The average Bonchev–Trinajstić information content (AvgIpc) is 2.80. The lowest BCUT2D eigenvalue weighted by molar-refractivity contribution is -0.204. The summed E-state index contributed by atoms with van der Waals surface area (Å²) in [6.45, 7) is 3.04. The molecule has 3 rings (SSSR count). The first-order valence-corrected chi connectivity index (χ1v) is 13.2. The molecule has 1 aliphatic rings. The van der Waals surface area contributed by atoms with Crippen LogP contribution in [0.15, 0.2) is 48.5 Å². The first-order valence-electron chi connectivity index (χ1n) is 13.2. The Labute approximate surface area is 230 Å². The van der Waals surface area contributed by atoms with Crippen molar-refractivity contribution in [2.45, 2.75) is 71.3 Å². The normalized spacial score (nSPS) is 17.2. The topological polar surface area (TPSA) is 67.9 Å². The molecule has 6 nitrogen and oxygen atoms in total. The Morgan fingerprint density at radius 2 is 1.65 bits per heavy atom. The summed E-state index contributed by atoms with van der Waals surface area (Å²) in [7, 11) is 0. The van der Waals surface area contributed by atoms with Gasteiger partial charge in [-0.1, -0.05) is 24.3 Å². The smallest absolute Gasteiger partial charge is 0.407 e. The number of nitrogens with zero attached hydrogens (tertiary/aromatic N) is 1. The number of benzene rings is 2. The Morgan fingerprint density at radius 1 is 0.975 bits per heavy atom. The standard InChI is InChI=1S/C29H35F5N2O4/c1-28(2,3)40-27(38)35-14-5-4-6-15-36(25(37)21-16-22(17-21)29(32,33)34)23-9-7-8-20(18-23)19-10-12-24(13-11-19)39-26(30)31/h7-13,18,21-22,26H,4-6,14-17H2,1-3H3,(H,35,38). The van der Waals surface area contributed by atoms with Crippen molar-refractivity contribution in [1.82, 2.24) is 5.32 Å². The average molecular weight is 571 g/mol. The maximum Gasteiger partial charge on any atom is 0.407 e. The lowest BCUT2D eigenvalue weighted by Gasteiger charge is -2.38. The van der Waals surface area contributed by atoms with Gasteiger partial charge in [-0.3, -0.25) is 4.79 Å². The van der Waals surface area contributed by atoms with E-state index in [9.17, 15) is 31.5 Å². The lowest BCUT2D eigenvalue weighted by Crippen LogP contribution is -2.46. The number of anilines is 1. The predicted molar refractivity (Wildman–Crippen MR) is 141 cm³/mol.